The average molecular weight is 342 g/mol. The van der Waals surface area contributed by atoms with E-state index in [1.54, 1.807) is 31.1 Å². The van der Waals surface area contributed by atoms with Gasteiger partial charge in [-0.3, -0.25) is 14.7 Å². The van der Waals surface area contributed by atoms with Crippen LogP contribution in [0.25, 0.3) is 0 Å². The summed E-state index contributed by atoms with van der Waals surface area (Å²) in [5, 5.41) is 2.84. The molecule has 2 aliphatic rings. The molecule has 0 spiro atoms. The molecule has 3 atom stereocenters. The number of fused-ring (bicyclic) bond motifs is 1. The van der Waals surface area contributed by atoms with E-state index in [0.29, 0.717) is 18.3 Å². The molecule has 2 aliphatic heterocycles. The van der Waals surface area contributed by atoms with E-state index in [2.05, 4.69) is 20.2 Å². The predicted molar refractivity (Wildman–Crippen MR) is 90.6 cm³/mol. The minimum atomic E-state index is -0.142. The second-order valence-electron chi connectivity index (χ2n) is 6.80. The van der Waals surface area contributed by atoms with Crippen LogP contribution >= 0.6 is 0 Å². The zero-order chi connectivity index (χ0) is 17.1. The van der Waals surface area contributed by atoms with E-state index >= 15 is 0 Å². The van der Waals surface area contributed by atoms with Crippen molar-refractivity contribution in [3.63, 3.8) is 0 Å². The van der Waals surface area contributed by atoms with E-state index in [-0.39, 0.29) is 17.9 Å². The third-order valence-electron chi connectivity index (χ3n) is 5.02. The lowest BCUT2D eigenvalue weighted by Crippen LogP contribution is -2.49. The molecule has 25 heavy (non-hydrogen) atoms. The molecule has 2 saturated heterocycles. The number of amides is 1. The molecule has 0 radical (unpaired) electrons. The fraction of sp³-hybridized carbons (Fsp3) is 0.500. The highest BCUT2D eigenvalue weighted by Crippen LogP contribution is 2.32. The van der Waals surface area contributed by atoms with Crippen molar-refractivity contribution >= 4 is 11.7 Å². The third kappa shape index (κ3) is 3.88. The van der Waals surface area contributed by atoms with Gasteiger partial charge in [0.2, 0.25) is 5.91 Å². The standard InChI is InChI=1S/C18H22N4O3/c23-18(21-17-8-19-3-4-20-17)15-7-14-10-22(5-1-16(14)25-12-15)9-13-2-6-24-11-13/h2-4,6,8,11,14-16H,1,5,7,9-10,12H2,(H,20,21,23)/t14-,15-,16+/m1/s1. The Kier molecular flexibility index (Phi) is 4.76. The molecule has 0 saturated carbocycles. The van der Waals surface area contributed by atoms with Crippen molar-refractivity contribution in [2.24, 2.45) is 11.8 Å². The molecule has 132 valence electrons. The van der Waals surface area contributed by atoms with E-state index < -0.39 is 0 Å². The summed E-state index contributed by atoms with van der Waals surface area (Å²) in [6.07, 6.45) is 10.3. The van der Waals surface area contributed by atoms with Crippen LogP contribution in [0.2, 0.25) is 0 Å². The summed E-state index contributed by atoms with van der Waals surface area (Å²) >= 11 is 0. The Bertz CT molecular complexity index is 692. The van der Waals surface area contributed by atoms with E-state index in [1.807, 2.05) is 6.07 Å². The Labute approximate surface area is 146 Å². The van der Waals surface area contributed by atoms with Crippen LogP contribution in [-0.4, -0.2) is 46.6 Å². The number of furan rings is 1. The number of anilines is 1. The molecule has 7 heteroatoms. The Morgan fingerprint density at radius 1 is 1.40 bits per heavy atom. The monoisotopic (exact) mass is 342 g/mol. The van der Waals surface area contributed by atoms with E-state index in [1.165, 1.54) is 5.56 Å². The maximum Gasteiger partial charge on any atom is 0.231 e. The lowest BCUT2D eigenvalue weighted by Gasteiger charge is -2.43. The van der Waals surface area contributed by atoms with Gasteiger partial charge in [0.1, 0.15) is 0 Å². The summed E-state index contributed by atoms with van der Waals surface area (Å²) in [5.41, 5.74) is 1.19. The van der Waals surface area contributed by atoms with E-state index in [4.69, 9.17) is 9.15 Å². The van der Waals surface area contributed by atoms with Crippen LogP contribution in [0.4, 0.5) is 5.82 Å². The van der Waals surface area contributed by atoms with Gasteiger partial charge in [0, 0.05) is 37.6 Å². The molecule has 0 aliphatic carbocycles. The molecule has 2 aromatic heterocycles. The minimum absolute atomic E-state index is 0.0362. The van der Waals surface area contributed by atoms with Gasteiger partial charge in [0.05, 0.1) is 37.4 Å². The number of hydrogen-bond donors (Lipinski definition) is 1. The third-order valence-corrected chi connectivity index (χ3v) is 5.02. The largest absolute Gasteiger partial charge is 0.472 e. The van der Waals surface area contributed by atoms with Crippen molar-refractivity contribution in [1.29, 1.82) is 0 Å². The van der Waals surface area contributed by atoms with E-state index in [0.717, 1.165) is 32.5 Å². The van der Waals surface area contributed by atoms with Crippen LogP contribution in [0.5, 0.6) is 0 Å². The molecule has 0 unspecified atom stereocenters. The van der Waals surface area contributed by atoms with Crippen molar-refractivity contribution in [3.8, 4) is 0 Å². The van der Waals surface area contributed by atoms with Crippen LogP contribution in [0.15, 0.2) is 41.6 Å². The summed E-state index contributed by atoms with van der Waals surface area (Å²) in [4.78, 5) is 23.0. The number of nitrogens with zero attached hydrogens (tertiary/aromatic N) is 3. The molecular formula is C18H22N4O3. The zero-order valence-corrected chi connectivity index (χ0v) is 14.0. The Hall–Kier alpha value is -2.25. The van der Waals surface area contributed by atoms with Gasteiger partial charge in [-0.2, -0.15) is 0 Å². The lowest BCUT2D eigenvalue weighted by molar-refractivity contribution is -0.134. The van der Waals surface area contributed by atoms with Crippen LogP contribution in [0.3, 0.4) is 0 Å². The van der Waals surface area contributed by atoms with Crippen molar-refractivity contribution in [1.82, 2.24) is 14.9 Å². The highest BCUT2D eigenvalue weighted by atomic mass is 16.5. The Balaban J connectivity index is 1.34. The molecule has 1 amide bonds. The predicted octanol–water partition coefficient (Wildman–Crippen LogP) is 1.94. The molecule has 2 aromatic rings. The topological polar surface area (TPSA) is 80.5 Å². The number of aromatic nitrogens is 2. The van der Waals surface area contributed by atoms with Crippen molar-refractivity contribution in [3.05, 3.63) is 42.7 Å². The second-order valence-corrected chi connectivity index (χ2v) is 6.80. The van der Waals surface area contributed by atoms with Gasteiger partial charge in [0.25, 0.3) is 0 Å². The van der Waals surface area contributed by atoms with Crippen molar-refractivity contribution in [2.75, 3.05) is 25.0 Å². The first-order valence-corrected chi connectivity index (χ1v) is 8.70. The first-order valence-electron chi connectivity index (χ1n) is 8.70. The Morgan fingerprint density at radius 2 is 2.36 bits per heavy atom. The van der Waals surface area contributed by atoms with Gasteiger partial charge in [0.15, 0.2) is 5.82 Å². The maximum atomic E-state index is 12.5. The Morgan fingerprint density at radius 3 is 3.16 bits per heavy atom. The first kappa shape index (κ1) is 16.2. The average Bonchev–Trinajstić information content (AvgIpc) is 3.15. The highest BCUT2D eigenvalue weighted by molar-refractivity contribution is 5.91. The molecule has 0 aromatic carbocycles. The van der Waals surface area contributed by atoms with Crippen LogP contribution in [0, 0.1) is 11.8 Å². The second kappa shape index (κ2) is 7.33. The van der Waals surface area contributed by atoms with Gasteiger partial charge < -0.3 is 14.5 Å². The number of nitrogens with one attached hydrogen (secondary N) is 1. The number of piperidine rings is 1. The molecule has 4 heterocycles. The number of carbonyl (C=O) groups is 1. The van der Waals surface area contributed by atoms with Gasteiger partial charge in [-0.25, -0.2) is 4.98 Å². The maximum absolute atomic E-state index is 12.5. The van der Waals surface area contributed by atoms with Crippen LogP contribution in [0.1, 0.15) is 18.4 Å². The van der Waals surface area contributed by atoms with Crippen LogP contribution in [-0.2, 0) is 16.1 Å². The number of hydrogen-bond acceptors (Lipinski definition) is 6. The summed E-state index contributed by atoms with van der Waals surface area (Å²) < 4.78 is 11.1. The number of rotatable bonds is 4. The number of likely N-dealkylation sites (tertiary alicyclic amines) is 1. The highest BCUT2D eigenvalue weighted by Gasteiger charge is 2.38. The van der Waals surface area contributed by atoms with Gasteiger partial charge in [-0.15, -0.1) is 0 Å². The first-order chi connectivity index (χ1) is 12.3. The molecular weight excluding hydrogens is 320 g/mol. The molecule has 0 bridgehead atoms. The fourth-order valence-corrected chi connectivity index (χ4v) is 3.76. The molecule has 7 nitrogen and oxygen atoms in total. The SMILES string of the molecule is O=C(Nc1cnccn1)[C@H]1CO[C@H]2CCN(Cc3ccoc3)C[C@H]2C1. The summed E-state index contributed by atoms with van der Waals surface area (Å²) in [6.45, 7) is 3.33. The fourth-order valence-electron chi connectivity index (χ4n) is 3.76. The van der Waals surface area contributed by atoms with E-state index in [9.17, 15) is 4.79 Å². The summed E-state index contributed by atoms with van der Waals surface area (Å²) in [6, 6.07) is 2.00. The van der Waals surface area contributed by atoms with Crippen LogP contribution < -0.4 is 5.32 Å². The smallest absolute Gasteiger partial charge is 0.231 e. The summed E-state index contributed by atoms with van der Waals surface area (Å²) in [5.74, 6) is 0.690. The normalized spacial score (nSPS) is 26.8. The van der Waals surface area contributed by atoms with Crippen molar-refractivity contribution in [2.45, 2.75) is 25.5 Å². The number of carbonyl (C=O) groups excluding carboxylic acids is 1. The molecule has 2 fully saturated rings. The minimum Gasteiger partial charge on any atom is -0.472 e. The van der Waals surface area contributed by atoms with Gasteiger partial charge >= 0.3 is 0 Å². The van der Waals surface area contributed by atoms with Gasteiger partial charge in [-0.05, 0) is 24.8 Å². The van der Waals surface area contributed by atoms with Crippen molar-refractivity contribution < 1.29 is 13.9 Å². The molecule has 1 N–H and O–H groups in total. The summed E-state index contributed by atoms with van der Waals surface area (Å²) in [7, 11) is 0. The van der Waals surface area contributed by atoms with Gasteiger partial charge in [-0.1, -0.05) is 0 Å². The molecule has 4 rings (SSSR count). The number of ether oxygens (including phenoxy) is 1. The zero-order valence-electron chi connectivity index (χ0n) is 14.0. The quantitative estimate of drug-likeness (QED) is 0.914. The lowest BCUT2D eigenvalue weighted by atomic mass is 9.83.